The van der Waals surface area contributed by atoms with Crippen LogP contribution in [-0.4, -0.2) is 33.9 Å². The Bertz CT molecular complexity index is 989. The molecule has 0 bridgehead atoms. The minimum atomic E-state index is -0.0562. The van der Waals surface area contributed by atoms with Crippen LogP contribution in [0.25, 0.3) is 11.1 Å². The van der Waals surface area contributed by atoms with E-state index in [0.717, 1.165) is 18.5 Å². The van der Waals surface area contributed by atoms with Gasteiger partial charge in [0.1, 0.15) is 17.5 Å². The molecule has 0 saturated heterocycles. The molecule has 2 aromatic heterocycles. The van der Waals surface area contributed by atoms with Gasteiger partial charge in [0.05, 0.1) is 24.9 Å². The zero-order valence-corrected chi connectivity index (χ0v) is 15.6. The van der Waals surface area contributed by atoms with Gasteiger partial charge in [-0.2, -0.15) is 5.26 Å². The largest absolute Gasteiger partial charge is 0.481 e. The van der Waals surface area contributed by atoms with Gasteiger partial charge in [-0.25, -0.2) is 9.97 Å². The first kappa shape index (κ1) is 17.3. The summed E-state index contributed by atoms with van der Waals surface area (Å²) in [7, 11) is 1.54. The molecule has 1 amide bonds. The Balaban J connectivity index is 1.91. The Labute approximate surface area is 157 Å². The fourth-order valence-corrected chi connectivity index (χ4v) is 3.50. The van der Waals surface area contributed by atoms with E-state index in [1.54, 1.807) is 11.0 Å². The van der Waals surface area contributed by atoms with Gasteiger partial charge in [0.15, 0.2) is 0 Å². The Morgan fingerprint density at radius 3 is 2.59 bits per heavy atom. The Hall–Kier alpha value is -3.14. The van der Waals surface area contributed by atoms with Crippen molar-refractivity contribution in [2.24, 2.45) is 0 Å². The van der Waals surface area contributed by atoms with E-state index in [0.29, 0.717) is 40.7 Å². The highest BCUT2D eigenvalue weighted by atomic mass is 16.5. The third-order valence-corrected chi connectivity index (χ3v) is 5.16. The monoisotopic (exact) mass is 363 g/mol. The van der Waals surface area contributed by atoms with Gasteiger partial charge in [0.2, 0.25) is 5.88 Å². The second-order valence-corrected chi connectivity index (χ2v) is 7.31. The number of carbonyl (C=O) groups excluding carboxylic acids is 1. The molecule has 138 valence electrons. The van der Waals surface area contributed by atoms with Gasteiger partial charge in [0.25, 0.3) is 5.91 Å². The number of aromatic nitrogens is 2. The van der Waals surface area contributed by atoms with E-state index in [2.05, 4.69) is 16.0 Å². The number of nitrogens with zero attached hydrogens (tertiary/aromatic N) is 4. The van der Waals surface area contributed by atoms with Gasteiger partial charge in [-0.1, -0.05) is 0 Å². The molecule has 1 saturated carbocycles. The maximum Gasteiger partial charge on any atom is 0.256 e. The summed E-state index contributed by atoms with van der Waals surface area (Å²) in [5.74, 6) is 0.912. The number of nitriles is 1. The van der Waals surface area contributed by atoms with Crippen molar-refractivity contribution in [3.05, 3.63) is 34.6 Å². The van der Waals surface area contributed by atoms with E-state index in [-0.39, 0.29) is 23.3 Å². The zero-order valence-electron chi connectivity index (χ0n) is 15.6. The van der Waals surface area contributed by atoms with E-state index in [4.69, 9.17) is 10.5 Å². The standard InChI is InChI=1S/C20H21N5O2/c1-10(2)25-9-17-14(20(25)26)6-13(19(24-17)27-3)12-7-16(11-4-5-11)23-18(22)15(12)8-21/h6-7,10-11H,4-5,9H2,1-3H3,(H2,22,23). The number of hydrogen-bond donors (Lipinski definition) is 1. The number of pyridine rings is 2. The van der Waals surface area contributed by atoms with Crippen molar-refractivity contribution in [1.82, 2.24) is 14.9 Å². The molecule has 0 unspecified atom stereocenters. The lowest BCUT2D eigenvalue weighted by Gasteiger charge is -2.19. The van der Waals surface area contributed by atoms with E-state index in [1.807, 2.05) is 19.9 Å². The van der Waals surface area contributed by atoms with Gasteiger partial charge in [-0.15, -0.1) is 0 Å². The van der Waals surface area contributed by atoms with Crippen molar-refractivity contribution >= 4 is 11.7 Å². The highest BCUT2D eigenvalue weighted by Crippen LogP contribution is 2.43. The summed E-state index contributed by atoms with van der Waals surface area (Å²) in [5.41, 5.74) is 9.68. The number of hydrogen-bond acceptors (Lipinski definition) is 6. The van der Waals surface area contributed by atoms with Crippen LogP contribution in [0.2, 0.25) is 0 Å². The third-order valence-electron chi connectivity index (χ3n) is 5.16. The molecular weight excluding hydrogens is 342 g/mol. The highest BCUT2D eigenvalue weighted by molar-refractivity contribution is 5.99. The van der Waals surface area contributed by atoms with Crippen molar-refractivity contribution in [1.29, 1.82) is 5.26 Å². The van der Waals surface area contributed by atoms with Crippen LogP contribution in [0.1, 0.15) is 59.9 Å². The molecule has 2 aromatic rings. The summed E-state index contributed by atoms with van der Waals surface area (Å²) in [5, 5.41) is 9.62. The molecule has 0 aromatic carbocycles. The number of amides is 1. The third kappa shape index (κ3) is 2.78. The summed E-state index contributed by atoms with van der Waals surface area (Å²) >= 11 is 0. The van der Waals surface area contributed by atoms with Gasteiger partial charge in [-0.3, -0.25) is 4.79 Å². The maximum absolute atomic E-state index is 12.8. The second-order valence-electron chi connectivity index (χ2n) is 7.31. The first-order valence-corrected chi connectivity index (χ1v) is 9.04. The van der Waals surface area contributed by atoms with Crippen molar-refractivity contribution in [3.63, 3.8) is 0 Å². The Morgan fingerprint density at radius 2 is 2.00 bits per heavy atom. The number of anilines is 1. The predicted molar refractivity (Wildman–Crippen MR) is 100 cm³/mol. The number of rotatable bonds is 4. The molecule has 0 radical (unpaired) electrons. The summed E-state index contributed by atoms with van der Waals surface area (Å²) in [6, 6.07) is 5.88. The van der Waals surface area contributed by atoms with Crippen LogP contribution < -0.4 is 10.5 Å². The van der Waals surface area contributed by atoms with Gasteiger partial charge < -0.3 is 15.4 Å². The quantitative estimate of drug-likeness (QED) is 0.895. The average molecular weight is 363 g/mol. The van der Waals surface area contributed by atoms with Gasteiger partial charge in [-0.05, 0) is 38.8 Å². The lowest BCUT2D eigenvalue weighted by atomic mass is 9.98. The summed E-state index contributed by atoms with van der Waals surface area (Å²) in [4.78, 5) is 23.5. The van der Waals surface area contributed by atoms with Crippen LogP contribution in [0.15, 0.2) is 12.1 Å². The van der Waals surface area contributed by atoms with E-state index >= 15 is 0 Å². The zero-order chi connectivity index (χ0) is 19.3. The topological polar surface area (TPSA) is 105 Å². The van der Waals surface area contributed by atoms with Crippen LogP contribution in [-0.2, 0) is 6.54 Å². The van der Waals surface area contributed by atoms with Crippen LogP contribution in [0.3, 0.4) is 0 Å². The summed E-state index contributed by atoms with van der Waals surface area (Å²) in [6.07, 6.45) is 2.14. The average Bonchev–Trinajstić information content (AvgIpc) is 3.44. The van der Waals surface area contributed by atoms with E-state index < -0.39 is 0 Å². The van der Waals surface area contributed by atoms with Crippen LogP contribution >= 0.6 is 0 Å². The minimum Gasteiger partial charge on any atom is -0.481 e. The smallest absolute Gasteiger partial charge is 0.256 e. The maximum atomic E-state index is 12.8. The Morgan fingerprint density at radius 1 is 1.26 bits per heavy atom. The molecule has 0 atom stereocenters. The molecule has 4 rings (SSSR count). The van der Waals surface area contributed by atoms with Crippen molar-refractivity contribution < 1.29 is 9.53 Å². The Kier molecular flexibility index (Phi) is 3.99. The molecule has 27 heavy (non-hydrogen) atoms. The lowest BCUT2D eigenvalue weighted by molar-refractivity contribution is 0.0730. The predicted octanol–water partition coefficient (Wildman–Crippen LogP) is 2.85. The first-order valence-electron chi connectivity index (χ1n) is 9.04. The number of ether oxygens (including phenoxy) is 1. The molecule has 2 aliphatic rings. The number of fused-ring (bicyclic) bond motifs is 1. The molecule has 1 fully saturated rings. The molecule has 0 spiro atoms. The van der Waals surface area contributed by atoms with Crippen molar-refractivity contribution in [3.8, 4) is 23.1 Å². The van der Waals surface area contributed by atoms with Crippen LogP contribution in [0, 0.1) is 11.3 Å². The lowest BCUT2D eigenvalue weighted by Crippen LogP contribution is -2.30. The van der Waals surface area contributed by atoms with Crippen molar-refractivity contribution in [2.45, 2.75) is 45.2 Å². The van der Waals surface area contributed by atoms with E-state index in [1.165, 1.54) is 7.11 Å². The summed E-state index contributed by atoms with van der Waals surface area (Å²) in [6.45, 7) is 4.40. The minimum absolute atomic E-state index is 0.0562. The number of carbonyl (C=O) groups is 1. The SMILES string of the molecule is COc1nc2c(cc1-c1cc(C3CC3)nc(N)c1C#N)C(=O)N(C(C)C)C2. The highest BCUT2D eigenvalue weighted by Gasteiger charge is 2.33. The molecule has 7 heteroatoms. The second kappa shape index (κ2) is 6.23. The normalized spacial score (nSPS) is 15.8. The van der Waals surface area contributed by atoms with Gasteiger partial charge in [0, 0.05) is 28.8 Å². The molecule has 1 aliphatic carbocycles. The number of nitrogens with two attached hydrogens (primary N) is 1. The van der Waals surface area contributed by atoms with Gasteiger partial charge >= 0.3 is 0 Å². The molecule has 2 N–H and O–H groups in total. The molecule has 3 heterocycles. The van der Waals surface area contributed by atoms with Crippen LogP contribution in [0.5, 0.6) is 5.88 Å². The fraction of sp³-hybridized carbons (Fsp3) is 0.400. The van der Waals surface area contributed by atoms with Crippen LogP contribution in [0.4, 0.5) is 5.82 Å². The molecule has 1 aliphatic heterocycles. The first-order chi connectivity index (χ1) is 12.9. The van der Waals surface area contributed by atoms with Crippen molar-refractivity contribution in [2.75, 3.05) is 12.8 Å². The number of methoxy groups -OCH3 is 1. The fourth-order valence-electron chi connectivity index (χ4n) is 3.50. The number of nitrogen functional groups attached to an aromatic ring is 1. The molecule has 7 nitrogen and oxygen atoms in total. The summed E-state index contributed by atoms with van der Waals surface area (Å²) < 4.78 is 5.50. The van der Waals surface area contributed by atoms with E-state index in [9.17, 15) is 10.1 Å². The molecular formula is C20H21N5O2.